The Morgan fingerprint density at radius 1 is 1.45 bits per heavy atom. The number of anilines is 1. The minimum absolute atomic E-state index is 0.0712. The van der Waals surface area contributed by atoms with E-state index in [1.54, 1.807) is 17.4 Å². The van der Waals surface area contributed by atoms with Crippen molar-refractivity contribution in [1.82, 2.24) is 9.97 Å². The van der Waals surface area contributed by atoms with Gasteiger partial charge in [0, 0.05) is 16.9 Å². The van der Waals surface area contributed by atoms with Crippen LogP contribution in [0.25, 0.3) is 0 Å². The number of aromatic nitrogens is 2. The molecule has 2 aromatic heterocycles. The predicted molar refractivity (Wildman–Crippen MR) is 82.4 cm³/mol. The molecule has 1 aliphatic rings. The lowest BCUT2D eigenvalue weighted by molar-refractivity contribution is 0.551. The monoisotopic (exact) mass is 289 g/mol. The lowest BCUT2D eigenvalue weighted by atomic mass is 10.0. The van der Waals surface area contributed by atoms with E-state index in [4.69, 9.17) is 0 Å². The van der Waals surface area contributed by atoms with Gasteiger partial charge in [0.25, 0.3) is 5.56 Å². The van der Waals surface area contributed by atoms with Gasteiger partial charge in [-0.15, -0.1) is 11.3 Å². The first kappa shape index (κ1) is 13.4. The first-order valence-corrected chi connectivity index (χ1v) is 7.92. The van der Waals surface area contributed by atoms with E-state index in [-0.39, 0.29) is 11.6 Å². The van der Waals surface area contributed by atoms with Gasteiger partial charge >= 0.3 is 0 Å². The molecule has 0 amide bonds. The fourth-order valence-electron chi connectivity index (χ4n) is 2.29. The molecule has 0 spiro atoms. The maximum Gasteiger partial charge on any atom is 0.252 e. The number of nitrogens with zero attached hydrogens (tertiary/aromatic N) is 1. The molecule has 0 radical (unpaired) electrons. The molecule has 5 heteroatoms. The third-order valence-electron chi connectivity index (χ3n) is 3.54. The van der Waals surface area contributed by atoms with Crippen LogP contribution < -0.4 is 10.9 Å². The SMILES string of the molecule is CC(C)C(Nc1cc(=O)[nH]c(C2CC2)n1)c1cccs1. The van der Waals surface area contributed by atoms with Crippen molar-refractivity contribution < 1.29 is 0 Å². The van der Waals surface area contributed by atoms with E-state index >= 15 is 0 Å². The summed E-state index contributed by atoms with van der Waals surface area (Å²) in [6, 6.07) is 5.92. The van der Waals surface area contributed by atoms with Crippen LogP contribution in [-0.2, 0) is 0 Å². The summed E-state index contributed by atoms with van der Waals surface area (Å²) < 4.78 is 0. The average molecular weight is 289 g/mol. The van der Waals surface area contributed by atoms with E-state index < -0.39 is 0 Å². The Hall–Kier alpha value is -1.62. The van der Waals surface area contributed by atoms with Crippen LogP contribution in [0.4, 0.5) is 5.82 Å². The molecular formula is C15H19N3OS. The van der Waals surface area contributed by atoms with Crippen molar-refractivity contribution in [3.05, 3.63) is 44.6 Å². The number of thiophene rings is 1. The molecule has 1 fully saturated rings. The molecule has 1 unspecified atom stereocenters. The third kappa shape index (κ3) is 2.93. The zero-order chi connectivity index (χ0) is 14.1. The van der Waals surface area contributed by atoms with Crippen LogP contribution in [0.5, 0.6) is 0 Å². The number of hydrogen-bond acceptors (Lipinski definition) is 4. The summed E-state index contributed by atoms with van der Waals surface area (Å²) in [5.74, 6) is 2.39. The third-order valence-corrected chi connectivity index (χ3v) is 4.50. The van der Waals surface area contributed by atoms with Crippen molar-refractivity contribution in [1.29, 1.82) is 0 Å². The summed E-state index contributed by atoms with van der Waals surface area (Å²) in [4.78, 5) is 20.4. The van der Waals surface area contributed by atoms with Gasteiger partial charge < -0.3 is 10.3 Å². The van der Waals surface area contributed by atoms with Crippen LogP contribution in [0.3, 0.4) is 0 Å². The van der Waals surface area contributed by atoms with E-state index in [0.717, 1.165) is 18.7 Å². The molecule has 1 atom stereocenters. The summed E-state index contributed by atoms with van der Waals surface area (Å²) in [6.07, 6.45) is 2.26. The highest BCUT2D eigenvalue weighted by Crippen LogP contribution is 2.38. The number of rotatable bonds is 5. The number of H-pyrrole nitrogens is 1. The summed E-state index contributed by atoms with van der Waals surface area (Å²) in [5.41, 5.74) is -0.0712. The van der Waals surface area contributed by atoms with E-state index in [9.17, 15) is 4.79 Å². The molecular weight excluding hydrogens is 270 g/mol. The van der Waals surface area contributed by atoms with Gasteiger partial charge in [0.1, 0.15) is 11.6 Å². The maximum atomic E-state index is 11.7. The van der Waals surface area contributed by atoms with Crippen molar-refractivity contribution in [2.45, 2.75) is 38.6 Å². The lowest BCUT2D eigenvalue weighted by Crippen LogP contribution is -2.19. The molecule has 2 heterocycles. The van der Waals surface area contributed by atoms with E-state index in [2.05, 4.69) is 46.6 Å². The van der Waals surface area contributed by atoms with Crippen LogP contribution in [-0.4, -0.2) is 9.97 Å². The summed E-state index contributed by atoms with van der Waals surface area (Å²) >= 11 is 1.73. The highest BCUT2D eigenvalue weighted by molar-refractivity contribution is 7.10. The smallest absolute Gasteiger partial charge is 0.252 e. The highest BCUT2D eigenvalue weighted by Gasteiger charge is 2.27. The number of aromatic amines is 1. The van der Waals surface area contributed by atoms with Crippen LogP contribution in [0.2, 0.25) is 0 Å². The Labute approximate surface area is 122 Å². The molecule has 0 aromatic carbocycles. The van der Waals surface area contributed by atoms with Crippen LogP contribution in [0.1, 0.15) is 49.4 Å². The lowest BCUT2D eigenvalue weighted by Gasteiger charge is -2.22. The number of nitrogens with one attached hydrogen (secondary N) is 2. The van der Waals surface area contributed by atoms with Crippen molar-refractivity contribution in [3.63, 3.8) is 0 Å². The van der Waals surface area contributed by atoms with Gasteiger partial charge in [-0.1, -0.05) is 19.9 Å². The molecule has 0 saturated heterocycles. The molecule has 1 saturated carbocycles. The maximum absolute atomic E-state index is 11.7. The zero-order valence-electron chi connectivity index (χ0n) is 11.7. The quantitative estimate of drug-likeness (QED) is 0.885. The molecule has 1 aliphatic carbocycles. The van der Waals surface area contributed by atoms with Gasteiger partial charge in [-0.2, -0.15) is 0 Å². The minimum atomic E-state index is -0.0712. The molecule has 4 nitrogen and oxygen atoms in total. The summed E-state index contributed by atoms with van der Waals surface area (Å²) in [7, 11) is 0. The normalized spacial score (nSPS) is 16.4. The van der Waals surface area contributed by atoms with Crippen molar-refractivity contribution >= 4 is 17.2 Å². The molecule has 2 aromatic rings. The Bertz CT molecular complexity index is 629. The van der Waals surface area contributed by atoms with E-state index in [1.807, 2.05) is 0 Å². The second-order valence-corrected chi connectivity index (χ2v) is 6.65. The van der Waals surface area contributed by atoms with Crippen molar-refractivity contribution in [2.75, 3.05) is 5.32 Å². The van der Waals surface area contributed by atoms with Crippen LogP contribution in [0.15, 0.2) is 28.4 Å². The van der Waals surface area contributed by atoms with Gasteiger partial charge in [0.2, 0.25) is 0 Å². The Morgan fingerprint density at radius 2 is 2.25 bits per heavy atom. The standard InChI is InChI=1S/C15H19N3OS/c1-9(2)14(11-4-3-7-20-11)16-12-8-13(19)18-15(17-12)10-5-6-10/h3-4,7-10,14H,5-6H2,1-2H3,(H2,16,17,18,19). The summed E-state index contributed by atoms with van der Waals surface area (Å²) in [6.45, 7) is 4.35. The Kier molecular flexibility index (Phi) is 3.61. The molecule has 20 heavy (non-hydrogen) atoms. The fraction of sp³-hybridized carbons (Fsp3) is 0.467. The van der Waals surface area contributed by atoms with Gasteiger partial charge in [-0.25, -0.2) is 4.98 Å². The number of hydrogen-bond donors (Lipinski definition) is 2. The molecule has 0 bridgehead atoms. The highest BCUT2D eigenvalue weighted by atomic mass is 32.1. The van der Waals surface area contributed by atoms with Crippen LogP contribution in [0, 0.1) is 5.92 Å². The zero-order valence-corrected chi connectivity index (χ0v) is 12.5. The summed E-state index contributed by atoms with van der Waals surface area (Å²) in [5, 5.41) is 5.50. The van der Waals surface area contributed by atoms with Crippen molar-refractivity contribution in [2.24, 2.45) is 5.92 Å². The largest absolute Gasteiger partial charge is 0.362 e. The predicted octanol–water partition coefficient (Wildman–Crippen LogP) is 3.52. The Balaban J connectivity index is 1.86. The van der Waals surface area contributed by atoms with Crippen molar-refractivity contribution in [3.8, 4) is 0 Å². The molecule has 0 aliphatic heterocycles. The first-order chi connectivity index (χ1) is 9.63. The Morgan fingerprint density at radius 3 is 2.85 bits per heavy atom. The van der Waals surface area contributed by atoms with Gasteiger partial charge in [-0.3, -0.25) is 4.79 Å². The molecule has 3 rings (SSSR count). The second-order valence-electron chi connectivity index (χ2n) is 5.67. The molecule has 106 valence electrons. The second kappa shape index (κ2) is 5.40. The fourth-order valence-corrected chi connectivity index (χ4v) is 3.24. The van der Waals surface area contributed by atoms with E-state index in [0.29, 0.717) is 17.7 Å². The first-order valence-electron chi connectivity index (χ1n) is 7.04. The average Bonchev–Trinajstić information content (AvgIpc) is 3.11. The van der Waals surface area contributed by atoms with Crippen LogP contribution >= 0.6 is 11.3 Å². The molecule has 2 N–H and O–H groups in total. The van der Waals surface area contributed by atoms with Gasteiger partial charge in [0.05, 0.1) is 6.04 Å². The van der Waals surface area contributed by atoms with Gasteiger partial charge in [-0.05, 0) is 30.2 Å². The van der Waals surface area contributed by atoms with Gasteiger partial charge in [0.15, 0.2) is 0 Å². The topological polar surface area (TPSA) is 57.8 Å². The minimum Gasteiger partial charge on any atom is -0.362 e. The van der Waals surface area contributed by atoms with E-state index in [1.165, 1.54) is 4.88 Å².